The third kappa shape index (κ3) is 4.38. The largest absolute Gasteiger partial charge is 0.489 e. The number of hydrogen-bond acceptors (Lipinski definition) is 6. The van der Waals surface area contributed by atoms with Gasteiger partial charge < -0.3 is 19.3 Å². The number of fused-ring (bicyclic) bond motifs is 1. The molecular formula is C25H25N3O6. The topological polar surface area (TPSA) is 105 Å². The van der Waals surface area contributed by atoms with Crippen LogP contribution in [-0.4, -0.2) is 59.2 Å². The molecule has 5 rings (SSSR count). The highest BCUT2D eigenvalue weighted by molar-refractivity contribution is 6.05. The summed E-state index contributed by atoms with van der Waals surface area (Å²) in [4.78, 5) is 51.9. The van der Waals surface area contributed by atoms with E-state index in [0.29, 0.717) is 42.1 Å². The zero-order valence-electron chi connectivity index (χ0n) is 20.4. The zero-order valence-corrected chi connectivity index (χ0v) is 18.4. The maximum atomic E-state index is 13.0. The molecule has 0 saturated carbocycles. The molecule has 4 amide bonds. The minimum Gasteiger partial charge on any atom is -0.489 e. The second-order valence-corrected chi connectivity index (χ2v) is 8.44. The van der Waals surface area contributed by atoms with Crippen molar-refractivity contribution in [3.05, 3.63) is 64.7 Å². The van der Waals surface area contributed by atoms with Gasteiger partial charge in [0, 0.05) is 30.6 Å². The van der Waals surface area contributed by atoms with Gasteiger partial charge in [-0.3, -0.25) is 24.5 Å². The van der Waals surface area contributed by atoms with Gasteiger partial charge in [-0.15, -0.1) is 0 Å². The van der Waals surface area contributed by atoms with Crippen molar-refractivity contribution in [2.45, 2.75) is 38.6 Å². The van der Waals surface area contributed by atoms with Crippen LogP contribution in [0.25, 0.3) is 0 Å². The summed E-state index contributed by atoms with van der Waals surface area (Å²) in [6.07, 6.45) is 0.420. The average Bonchev–Trinajstić information content (AvgIpc) is 3.18. The van der Waals surface area contributed by atoms with Gasteiger partial charge in [0.2, 0.25) is 17.7 Å². The number of ether oxygens (including phenoxy) is 2. The van der Waals surface area contributed by atoms with E-state index in [1.54, 1.807) is 41.3 Å². The highest BCUT2D eigenvalue weighted by Gasteiger charge is 2.40. The van der Waals surface area contributed by atoms with E-state index in [-0.39, 0.29) is 49.8 Å². The van der Waals surface area contributed by atoms with Crippen molar-refractivity contribution in [3.63, 3.8) is 0 Å². The molecule has 176 valence electrons. The Hall–Kier alpha value is -3.72. The summed E-state index contributed by atoms with van der Waals surface area (Å²) in [6.45, 7) is 0.296. The summed E-state index contributed by atoms with van der Waals surface area (Å²) >= 11 is 0. The molecule has 9 nitrogen and oxygen atoms in total. The summed E-state index contributed by atoms with van der Waals surface area (Å²) in [5.41, 5.74) is 2.08. The summed E-state index contributed by atoms with van der Waals surface area (Å²) in [5.74, 6) is -0.939. The first-order chi connectivity index (χ1) is 17.3. The van der Waals surface area contributed by atoms with E-state index in [1.807, 2.05) is 0 Å². The fourth-order valence-corrected chi connectivity index (χ4v) is 4.37. The van der Waals surface area contributed by atoms with Crippen molar-refractivity contribution >= 4 is 23.6 Å². The van der Waals surface area contributed by atoms with E-state index in [9.17, 15) is 19.2 Å². The van der Waals surface area contributed by atoms with Crippen molar-refractivity contribution in [2.75, 3.05) is 19.8 Å². The van der Waals surface area contributed by atoms with Crippen LogP contribution in [0.4, 0.5) is 0 Å². The van der Waals surface area contributed by atoms with Crippen molar-refractivity contribution in [1.29, 1.82) is 0 Å². The van der Waals surface area contributed by atoms with Crippen LogP contribution in [-0.2, 0) is 38.8 Å². The lowest BCUT2D eigenvalue weighted by Crippen LogP contribution is -2.52. The highest BCUT2D eigenvalue weighted by atomic mass is 16.5. The molecule has 0 spiro atoms. The van der Waals surface area contributed by atoms with Crippen LogP contribution in [0.1, 0.15) is 42.6 Å². The van der Waals surface area contributed by atoms with Gasteiger partial charge in [-0.1, -0.05) is 30.3 Å². The predicted octanol–water partition coefficient (Wildman–Crippen LogP) is 1.39. The van der Waals surface area contributed by atoms with Crippen molar-refractivity contribution in [2.24, 2.45) is 0 Å². The summed E-state index contributed by atoms with van der Waals surface area (Å²) < 4.78 is 28.0. The Labute approximate surface area is 199 Å². The number of rotatable bonds is 6. The Morgan fingerprint density at radius 2 is 2.00 bits per heavy atom. The monoisotopic (exact) mass is 465 g/mol. The van der Waals surface area contributed by atoms with E-state index in [4.69, 9.17) is 12.2 Å². The molecule has 2 saturated heterocycles. The van der Waals surface area contributed by atoms with E-state index in [0.717, 1.165) is 5.56 Å². The number of hydrogen-bond donors (Lipinski definition) is 1. The van der Waals surface area contributed by atoms with Crippen molar-refractivity contribution < 1.29 is 31.4 Å². The molecule has 0 aliphatic carbocycles. The lowest BCUT2D eigenvalue weighted by molar-refractivity contribution is -0.143. The number of piperidine rings is 1. The molecule has 0 radical (unpaired) electrons. The van der Waals surface area contributed by atoms with Gasteiger partial charge >= 0.3 is 0 Å². The fraction of sp³-hybridized carbons (Fsp3) is 0.360. The summed E-state index contributed by atoms with van der Waals surface area (Å²) in [6, 6.07) is 9.35. The van der Waals surface area contributed by atoms with E-state index in [2.05, 4.69) is 5.32 Å². The molecule has 2 atom stereocenters. The molecule has 3 aliphatic rings. The van der Waals surface area contributed by atoms with Gasteiger partial charge in [0.1, 0.15) is 25.0 Å². The molecule has 2 fully saturated rings. The fourth-order valence-electron chi connectivity index (χ4n) is 4.37. The Balaban J connectivity index is 1.30. The minimum atomic E-state index is -1.22. The Kier molecular flexibility index (Phi) is 5.37. The first-order valence-corrected chi connectivity index (χ1v) is 11.1. The van der Waals surface area contributed by atoms with Crippen LogP contribution in [0.15, 0.2) is 42.4 Å². The number of nitrogens with zero attached hydrogens (tertiary/aromatic N) is 2. The predicted molar refractivity (Wildman–Crippen MR) is 119 cm³/mol. The lowest BCUT2D eigenvalue weighted by Gasteiger charge is -2.29. The first kappa shape index (κ1) is 19.7. The van der Waals surface area contributed by atoms with Crippen LogP contribution in [0, 0.1) is 0 Å². The first-order valence-electron chi connectivity index (χ1n) is 12.2. The summed E-state index contributed by atoms with van der Waals surface area (Å²) in [7, 11) is 0. The van der Waals surface area contributed by atoms with Gasteiger partial charge in [0.15, 0.2) is 0 Å². The molecule has 0 bridgehead atoms. The Morgan fingerprint density at radius 3 is 2.79 bits per heavy atom. The molecule has 3 heterocycles. The van der Waals surface area contributed by atoms with Crippen molar-refractivity contribution in [3.8, 4) is 5.75 Å². The van der Waals surface area contributed by atoms with Gasteiger partial charge in [0.05, 0.1) is 15.9 Å². The molecule has 1 N–H and O–H groups in total. The molecule has 3 aliphatic heterocycles. The second-order valence-electron chi connectivity index (χ2n) is 8.44. The molecular weight excluding hydrogens is 438 g/mol. The summed E-state index contributed by atoms with van der Waals surface area (Å²) in [5, 5.41) is 2.28. The van der Waals surface area contributed by atoms with Crippen LogP contribution in [0.2, 0.25) is 0 Å². The van der Waals surface area contributed by atoms with Crippen LogP contribution in [0.5, 0.6) is 5.75 Å². The SMILES string of the molecule is [2H]c1cc(CN2CCOCC2=O)ccc1C([2H])Oc1cccc2c1CN(C1CCC(=O)NC1=O)C2=O. The number of imide groups is 1. The molecule has 2 aromatic carbocycles. The van der Waals surface area contributed by atoms with Crippen LogP contribution < -0.4 is 10.1 Å². The van der Waals surface area contributed by atoms with Crippen molar-refractivity contribution in [1.82, 2.24) is 15.1 Å². The number of nitrogens with one attached hydrogen (secondary N) is 1. The molecule has 2 aromatic rings. The normalized spacial score (nSPS) is 22.2. The second kappa shape index (κ2) is 9.26. The van der Waals surface area contributed by atoms with E-state index < -0.39 is 18.5 Å². The molecule has 9 heteroatoms. The lowest BCUT2D eigenvalue weighted by atomic mass is 10.0. The smallest absolute Gasteiger partial charge is 0.255 e. The van der Waals surface area contributed by atoms with Gasteiger partial charge in [-0.05, 0) is 29.7 Å². The number of carbonyl (C=O) groups excluding carboxylic acids is 4. The minimum absolute atomic E-state index is 0.0549. The maximum absolute atomic E-state index is 13.0. The zero-order chi connectivity index (χ0) is 25.4. The van der Waals surface area contributed by atoms with Gasteiger partial charge in [-0.2, -0.15) is 0 Å². The maximum Gasteiger partial charge on any atom is 0.255 e. The molecule has 2 unspecified atom stereocenters. The number of carbonyl (C=O) groups is 4. The van der Waals surface area contributed by atoms with Gasteiger partial charge in [0.25, 0.3) is 5.91 Å². The Bertz CT molecular complexity index is 1250. The third-order valence-corrected chi connectivity index (χ3v) is 6.21. The number of morpholine rings is 1. The average molecular weight is 466 g/mol. The quantitative estimate of drug-likeness (QED) is 0.647. The molecule has 34 heavy (non-hydrogen) atoms. The Morgan fingerprint density at radius 1 is 1.15 bits per heavy atom. The van der Waals surface area contributed by atoms with Crippen LogP contribution in [0.3, 0.4) is 0 Å². The van der Waals surface area contributed by atoms with Gasteiger partial charge in [-0.25, -0.2) is 0 Å². The van der Waals surface area contributed by atoms with Crippen LogP contribution >= 0.6 is 0 Å². The van der Waals surface area contributed by atoms with E-state index in [1.165, 1.54) is 4.90 Å². The highest BCUT2D eigenvalue weighted by Crippen LogP contribution is 2.34. The number of benzene rings is 2. The standard InChI is InChI=1S/C25H25N3O6/c29-22-9-8-20(24(31)26-22)28-13-19-18(25(28)32)2-1-3-21(19)34-14-17-6-4-16(5-7-17)12-27-10-11-33-15-23(27)30/h1-7,20H,8-15H2,(H,26,29,31)/i6D,14D. The van der Waals surface area contributed by atoms with E-state index >= 15 is 0 Å². The molecule has 0 aromatic heterocycles. The number of amides is 4. The third-order valence-electron chi connectivity index (χ3n) is 6.21.